The van der Waals surface area contributed by atoms with Crippen LogP contribution in [-0.2, 0) is 16.1 Å². The molecule has 0 spiro atoms. The van der Waals surface area contributed by atoms with Crippen LogP contribution in [0.1, 0.15) is 31.7 Å². The topological polar surface area (TPSA) is 40.6 Å². The normalized spacial score (nSPS) is 19.2. The standard InChI is InChI=1S/C17H24N2O2/c1-2-18(12-15-8-4-3-5-9-15)17(21)13-19-11-7-6-10-16(19)14-20/h3-5,8-9,14,16H,2,6-7,10-13H2,1H3. The van der Waals surface area contributed by atoms with Gasteiger partial charge in [-0.3, -0.25) is 9.69 Å². The molecule has 0 N–H and O–H groups in total. The van der Waals surface area contributed by atoms with Crippen LogP contribution in [0.15, 0.2) is 30.3 Å². The maximum atomic E-state index is 12.5. The highest BCUT2D eigenvalue weighted by molar-refractivity contribution is 5.78. The van der Waals surface area contributed by atoms with E-state index in [1.54, 1.807) is 0 Å². The lowest BCUT2D eigenvalue weighted by atomic mass is 10.0. The molecular weight excluding hydrogens is 264 g/mol. The van der Waals surface area contributed by atoms with E-state index in [1.165, 1.54) is 0 Å². The third-order valence-corrected chi connectivity index (χ3v) is 4.11. The fraction of sp³-hybridized carbons (Fsp3) is 0.529. The van der Waals surface area contributed by atoms with E-state index in [0.717, 1.165) is 37.7 Å². The summed E-state index contributed by atoms with van der Waals surface area (Å²) in [5.74, 6) is 0.107. The molecule has 1 fully saturated rings. The zero-order valence-corrected chi connectivity index (χ0v) is 12.7. The van der Waals surface area contributed by atoms with E-state index in [0.29, 0.717) is 19.6 Å². The number of carbonyl (C=O) groups is 2. The molecule has 1 amide bonds. The number of hydrogen-bond acceptors (Lipinski definition) is 3. The smallest absolute Gasteiger partial charge is 0.237 e. The predicted molar refractivity (Wildman–Crippen MR) is 82.8 cm³/mol. The number of hydrogen-bond donors (Lipinski definition) is 0. The first kappa shape index (κ1) is 15.7. The van der Waals surface area contributed by atoms with Gasteiger partial charge in [0.1, 0.15) is 6.29 Å². The summed E-state index contributed by atoms with van der Waals surface area (Å²) in [6.07, 6.45) is 4.01. The summed E-state index contributed by atoms with van der Waals surface area (Å²) < 4.78 is 0. The molecule has 1 aromatic rings. The summed E-state index contributed by atoms with van der Waals surface area (Å²) in [6, 6.07) is 9.93. The van der Waals surface area contributed by atoms with Gasteiger partial charge in [-0.05, 0) is 31.9 Å². The lowest BCUT2D eigenvalue weighted by Gasteiger charge is -2.33. The summed E-state index contributed by atoms with van der Waals surface area (Å²) in [5, 5.41) is 0. The molecule has 0 aromatic heterocycles. The molecule has 0 bridgehead atoms. The minimum absolute atomic E-state index is 0.0851. The van der Waals surface area contributed by atoms with Gasteiger partial charge in [0.15, 0.2) is 0 Å². The first-order valence-electron chi connectivity index (χ1n) is 7.75. The Hall–Kier alpha value is -1.68. The molecule has 1 aliphatic rings. The molecule has 1 saturated heterocycles. The second-order valence-electron chi connectivity index (χ2n) is 5.56. The molecule has 114 valence electrons. The van der Waals surface area contributed by atoms with Gasteiger partial charge in [-0.15, -0.1) is 0 Å². The molecule has 1 aromatic carbocycles. The number of aldehydes is 1. The minimum atomic E-state index is -0.0851. The van der Waals surface area contributed by atoms with Gasteiger partial charge in [-0.2, -0.15) is 0 Å². The van der Waals surface area contributed by atoms with Crippen LogP contribution in [0.5, 0.6) is 0 Å². The number of likely N-dealkylation sites (tertiary alicyclic amines) is 1. The maximum Gasteiger partial charge on any atom is 0.237 e. The highest BCUT2D eigenvalue weighted by Gasteiger charge is 2.25. The van der Waals surface area contributed by atoms with Crippen molar-refractivity contribution in [3.8, 4) is 0 Å². The SMILES string of the molecule is CCN(Cc1ccccc1)C(=O)CN1CCCCC1C=O. The fourth-order valence-corrected chi connectivity index (χ4v) is 2.82. The Balaban J connectivity index is 1.94. The van der Waals surface area contributed by atoms with Gasteiger partial charge < -0.3 is 9.69 Å². The minimum Gasteiger partial charge on any atom is -0.338 e. The number of likely N-dealkylation sites (N-methyl/N-ethyl adjacent to an activating group) is 1. The Morgan fingerprint density at radius 3 is 2.76 bits per heavy atom. The Bertz CT molecular complexity index is 461. The molecule has 0 saturated carbocycles. The van der Waals surface area contributed by atoms with Gasteiger partial charge in [0, 0.05) is 13.1 Å². The quantitative estimate of drug-likeness (QED) is 0.753. The van der Waals surface area contributed by atoms with Crippen molar-refractivity contribution in [2.75, 3.05) is 19.6 Å². The average molecular weight is 288 g/mol. The lowest BCUT2D eigenvalue weighted by molar-refractivity contribution is -0.134. The zero-order chi connectivity index (χ0) is 15.1. The van der Waals surface area contributed by atoms with Crippen LogP contribution in [-0.4, -0.2) is 47.7 Å². The predicted octanol–water partition coefficient (Wildman–Crippen LogP) is 2.09. The van der Waals surface area contributed by atoms with Gasteiger partial charge >= 0.3 is 0 Å². The first-order chi connectivity index (χ1) is 10.2. The van der Waals surface area contributed by atoms with E-state index < -0.39 is 0 Å². The van der Waals surface area contributed by atoms with Crippen molar-refractivity contribution in [1.29, 1.82) is 0 Å². The van der Waals surface area contributed by atoms with Gasteiger partial charge in [0.2, 0.25) is 5.91 Å². The van der Waals surface area contributed by atoms with Crippen LogP contribution in [0.25, 0.3) is 0 Å². The first-order valence-corrected chi connectivity index (χ1v) is 7.75. The van der Waals surface area contributed by atoms with Crippen molar-refractivity contribution in [3.63, 3.8) is 0 Å². The van der Waals surface area contributed by atoms with Gasteiger partial charge in [-0.1, -0.05) is 36.8 Å². The summed E-state index contributed by atoms with van der Waals surface area (Å²) in [4.78, 5) is 27.5. The molecule has 2 rings (SSSR count). The molecule has 1 heterocycles. The Labute approximate surface area is 126 Å². The van der Waals surface area contributed by atoms with Gasteiger partial charge in [0.25, 0.3) is 0 Å². The Kier molecular flexibility index (Phi) is 5.93. The molecule has 1 atom stereocenters. The number of amides is 1. The highest BCUT2D eigenvalue weighted by Crippen LogP contribution is 2.15. The van der Waals surface area contributed by atoms with Crippen LogP contribution in [0.4, 0.5) is 0 Å². The molecule has 4 heteroatoms. The second-order valence-corrected chi connectivity index (χ2v) is 5.56. The van der Waals surface area contributed by atoms with E-state index in [-0.39, 0.29) is 11.9 Å². The van der Waals surface area contributed by atoms with Gasteiger partial charge in [0.05, 0.1) is 12.6 Å². The molecule has 4 nitrogen and oxygen atoms in total. The van der Waals surface area contributed by atoms with Crippen molar-refractivity contribution >= 4 is 12.2 Å². The molecule has 1 aliphatic heterocycles. The van der Waals surface area contributed by atoms with Crippen molar-refractivity contribution in [1.82, 2.24) is 9.80 Å². The summed E-state index contributed by atoms with van der Waals surface area (Å²) in [5.41, 5.74) is 1.14. The van der Waals surface area contributed by atoms with Crippen LogP contribution in [0.2, 0.25) is 0 Å². The number of rotatable bonds is 6. The molecule has 0 radical (unpaired) electrons. The van der Waals surface area contributed by atoms with Crippen molar-refractivity contribution < 1.29 is 9.59 Å². The number of carbonyl (C=O) groups excluding carboxylic acids is 2. The van der Waals surface area contributed by atoms with E-state index >= 15 is 0 Å². The van der Waals surface area contributed by atoms with Crippen molar-refractivity contribution in [2.45, 2.75) is 38.8 Å². The largest absolute Gasteiger partial charge is 0.338 e. The third kappa shape index (κ3) is 4.39. The maximum absolute atomic E-state index is 12.5. The van der Waals surface area contributed by atoms with E-state index in [2.05, 4.69) is 0 Å². The number of piperidine rings is 1. The Morgan fingerprint density at radius 1 is 1.33 bits per heavy atom. The monoisotopic (exact) mass is 288 g/mol. The van der Waals surface area contributed by atoms with Gasteiger partial charge in [-0.25, -0.2) is 0 Å². The van der Waals surface area contributed by atoms with Crippen molar-refractivity contribution in [2.24, 2.45) is 0 Å². The van der Waals surface area contributed by atoms with E-state index in [9.17, 15) is 9.59 Å². The fourth-order valence-electron chi connectivity index (χ4n) is 2.82. The molecule has 21 heavy (non-hydrogen) atoms. The summed E-state index contributed by atoms with van der Waals surface area (Å²) in [6.45, 7) is 4.51. The Morgan fingerprint density at radius 2 is 2.10 bits per heavy atom. The summed E-state index contributed by atoms with van der Waals surface area (Å²) >= 11 is 0. The van der Waals surface area contributed by atoms with E-state index in [1.807, 2.05) is 47.1 Å². The lowest BCUT2D eigenvalue weighted by Crippen LogP contribution is -2.47. The van der Waals surface area contributed by atoms with Crippen molar-refractivity contribution in [3.05, 3.63) is 35.9 Å². The average Bonchev–Trinajstić information content (AvgIpc) is 2.54. The second kappa shape index (κ2) is 7.93. The van der Waals surface area contributed by atoms with Crippen LogP contribution in [0, 0.1) is 0 Å². The number of benzene rings is 1. The molecular formula is C17H24N2O2. The third-order valence-electron chi connectivity index (χ3n) is 4.11. The van der Waals surface area contributed by atoms with E-state index in [4.69, 9.17) is 0 Å². The molecule has 1 unspecified atom stereocenters. The zero-order valence-electron chi connectivity index (χ0n) is 12.7. The van der Waals surface area contributed by atoms with Crippen LogP contribution >= 0.6 is 0 Å². The molecule has 0 aliphatic carbocycles. The van der Waals surface area contributed by atoms with Crippen LogP contribution < -0.4 is 0 Å². The summed E-state index contributed by atoms with van der Waals surface area (Å²) in [7, 11) is 0. The highest BCUT2D eigenvalue weighted by atomic mass is 16.2. The number of nitrogens with zero attached hydrogens (tertiary/aromatic N) is 2. The van der Waals surface area contributed by atoms with Crippen LogP contribution in [0.3, 0.4) is 0 Å².